The van der Waals surface area contributed by atoms with E-state index in [1.807, 2.05) is 35.8 Å². The lowest BCUT2D eigenvalue weighted by Gasteiger charge is -2.15. The first-order valence-corrected chi connectivity index (χ1v) is 11.9. The molecule has 1 saturated carbocycles. The standard InChI is InChI=1S/C22H30N4O4S/c1-15(13-27)9-17(12-25(3)4)16-10-18(24-31(6,28)29)20-19(11-16)26(21(23-20)30-5)14-22(2)7-8-22/h9-13,24H,7-8,14H2,1-6H3/b15-9-,17-12+. The molecule has 0 bridgehead atoms. The van der Waals surface area contributed by atoms with Crippen LogP contribution in [-0.4, -0.2) is 56.6 Å². The lowest BCUT2D eigenvalue weighted by Crippen LogP contribution is -2.11. The SMILES string of the molecule is COc1nc2c(NS(C)(=O)=O)cc(C(/C=C(/C)C=O)=C/N(C)C)cc2n1CC1(C)CC1. The number of sulfonamides is 1. The van der Waals surface area contributed by atoms with Crippen LogP contribution >= 0.6 is 0 Å². The van der Waals surface area contributed by atoms with Gasteiger partial charge in [-0.2, -0.15) is 4.98 Å². The molecule has 1 heterocycles. The summed E-state index contributed by atoms with van der Waals surface area (Å²) >= 11 is 0. The first-order valence-electron chi connectivity index (χ1n) is 10.0. The van der Waals surface area contributed by atoms with Crippen LogP contribution in [0.15, 0.2) is 30.0 Å². The van der Waals surface area contributed by atoms with E-state index in [0.29, 0.717) is 22.8 Å². The molecule has 1 aliphatic rings. The lowest BCUT2D eigenvalue weighted by molar-refractivity contribution is -0.104. The van der Waals surface area contributed by atoms with Crippen molar-refractivity contribution in [1.82, 2.24) is 14.5 Å². The normalized spacial score (nSPS) is 16.3. The molecule has 0 atom stereocenters. The molecular formula is C22H30N4O4S. The van der Waals surface area contributed by atoms with Crippen molar-refractivity contribution in [1.29, 1.82) is 0 Å². The number of rotatable bonds is 9. The van der Waals surface area contributed by atoms with E-state index in [9.17, 15) is 13.2 Å². The quantitative estimate of drug-likeness (QED) is 0.361. The highest BCUT2D eigenvalue weighted by molar-refractivity contribution is 7.92. The van der Waals surface area contributed by atoms with Crippen molar-refractivity contribution in [2.45, 2.75) is 33.2 Å². The van der Waals surface area contributed by atoms with Gasteiger partial charge in [-0.15, -0.1) is 0 Å². The van der Waals surface area contributed by atoms with Gasteiger partial charge in [0.15, 0.2) is 0 Å². The number of nitrogens with zero attached hydrogens (tertiary/aromatic N) is 3. The van der Waals surface area contributed by atoms with E-state index in [1.54, 1.807) is 26.2 Å². The van der Waals surface area contributed by atoms with Gasteiger partial charge in [0.2, 0.25) is 10.0 Å². The second kappa shape index (κ2) is 8.37. The Bertz CT molecular complexity index is 1170. The largest absolute Gasteiger partial charge is 0.468 e. The van der Waals surface area contributed by atoms with Crippen LogP contribution < -0.4 is 9.46 Å². The van der Waals surface area contributed by atoms with Gasteiger partial charge in [-0.3, -0.25) is 14.1 Å². The maximum absolute atomic E-state index is 12.1. The van der Waals surface area contributed by atoms with Crippen molar-refractivity contribution in [2.75, 3.05) is 32.2 Å². The van der Waals surface area contributed by atoms with Crippen molar-refractivity contribution in [3.63, 3.8) is 0 Å². The molecule has 1 aliphatic carbocycles. The highest BCUT2D eigenvalue weighted by atomic mass is 32.2. The second-order valence-corrected chi connectivity index (χ2v) is 10.6. The molecule has 168 valence electrons. The Kier molecular flexibility index (Phi) is 6.18. The van der Waals surface area contributed by atoms with Gasteiger partial charge in [0.25, 0.3) is 6.01 Å². The highest BCUT2D eigenvalue weighted by Gasteiger charge is 2.39. The number of fused-ring (bicyclic) bond motifs is 1. The van der Waals surface area contributed by atoms with E-state index in [2.05, 4.69) is 16.6 Å². The van der Waals surface area contributed by atoms with Crippen LogP contribution in [0.2, 0.25) is 0 Å². The number of carbonyl (C=O) groups excluding carboxylic acids is 1. The molecule has 0 aliphatic heterocycles. The Labute approximate surface area is 183 Å². The van der Waals surface area contributed by atoms with E-state index in [4.69, 9.17) is 4.74 Å². The minimum Gasteiger partial charge on any atom is -0.468 e. The van der Waals surface area contributed by atoms with Crippen LogP contribution in [0.4, 0.5) is 5.69 Å². The second-order valence-electron chi connectivity index (χ2n) is 8.82. The molecule has 0 unspecified atom stereocenters. The zero-order valence-corrected chi connectivity index (χ0v) is 19.7. The molecule has 1 N–H and O–H groups in total. The van der Waals surface area contributed by atoms with Crippen molar-refractivity contribution in [2.24, 2.45) is 5.41 Å². The van der Waals surface area contributed by atoms with Gasteiger partial charge in [-0.05, 0) is 60.1 Å². The van der Waals surface area contributed by atoms with Gasteiger partial charge in [-0.25, -0.2) is 8.42 Å². The van der Waals surface area contributed by atoms with Gasteiger partial charge >= 0.3 is 0 Å². The Morgan fingerprint density at radius 2 is 2.03 bits per heavy atom. The number of aromatic nitrogens is 2. The molecule has 2 aromatic rings. The number of anilines is 1. The summed E-state index contributed by atoms with van der Waals surface area (Å²) in [5.74, 6) is 0. The van der Waals surface area contributed by atoms with Crippen molar-refractivity contribution in [3.05, 3.63) is 35.5 Å². The van der Waals surface area contributed by atoms with Crippen LogP contribution in [-0.2, 0) is 21.4 Å². The summed E-state index contributed by atoms with van der Waals surface area (Å²) in [6.45, 7) is 4.67. The average Bonchev–Trinajstić information content (AvgIpc) is 3.29. The molecule has 9 heteroatoms. The zero-order valence-electron chi connectivity index (χ0n) is 18.9. The Balaban J connectivity index is 2.31. The maximum Gasteiger partial charge on any atom is 0.297 e. The number of imidazole rings is 1. The third-order valence-electron chi connectivity index (χ3n) is 5.24. The van der Waals surface area contributed by atoms with Crippen LogP contribution in [0.3, 0.4) is 0 Å². The van der Waals surface area contributed by atoms with E-state index >= 15 is 0 Å². The predicted molar refractivity (Wildman–Crippen MR) is 124 cm³/mol. The predicted octanol–water partition coefficient (Wildman–Crippen LogP) is 3.26. The number of nitrogens with one attached hydrogen (secondary N) is 1. The number of benzene rings is 1. The Morgan fingerprint density at radius 3 is 2.55 bits per heavy atom. The molecule has 0 saturated heterocycles. The average molecular weight is 447 g/mol. The van der Waals surface area contributed by atoms with Crippen molar-refractivity contribution >= 4 is 38.6 Å². The van der Waals surface area contributed by atoms with E-state index in [-0.39, 0.29) is 5.41 Å². The molecule has 0 spiro atoms. The molecule has 0 amide bonds. The first kappa shape index (κ1) is 22.9. The molecule has 1 aromatic heterocycles. The topological polar surface area (TPSA) is 93.5 Å². The highest BCUT2D eigenvalue weighted by Crippen LogP contribution is 2.48. The van der Waals surface area contributed by atoms with E-state index in [0.717, 1.165) is 48.6 Å². The monoisotopic (exact) mass is 446 g/mol. The summed E-state index contributed by atoms with van der Waals surface area (Å²) in [6.07, 6.45) is 7.81. The summed E-state index contributed by atoms with van der Waals surface area (Å²) in [5.41, 5.74) is 3.94. The summed E-state index contributed by atoms with van der Waals surface area (Å²) in [5, 5.41) is 0. The third kappa shape index (κ3) is 5.46. The van der Waals surface area contributed by atoms with Crippen molar-refractivity contribution < 1.29 is 17.9 Å². The zero-order chi connectivity index (χ0) is 23.0. The summed E-state index contributed by atoms with van der Waals surface area (Å²) in [6, 6.07) is 4.14. The number of hydrogen-bond acceptors (Lipinski definition) is 6. The number of aldehydes is 1. The fourth-order valence-corrected chi connectivity index (χ4v) is 4.02. The lowest BCUT2D eigenvalue weighted by atomic mass is 10.0. The summed E-state index contributed by atoms with van der Waals surface area (Å²) < 4.78 is 34.3. The van der Waals surface area contributed by atoms with Gasteiger partial charge in [0.05, 0.1) is 24.6 Å². The molecular weight excluding hydrogens is 416 g/mol. The smallest absolute Gasteiger partial charge is 0.297 e. The fraction of sp³-hybridized carbons (Fsp3) is 0.455. The molecule has 0 radical (unpaired) electrons. The molecule has 31 heavy (non-hydrogen) atoms. The van der Waals surface area contributed by atoms with Gasteiger partial charge < -0.3 is 9.64 Å². The van der Waals surface area contributed by atoms with Gasteiger partial charge in [0, 0.05) is 26.8 Å². The minimum absolute atomic E-state index is 0.178. The molecule has 1 aromatic carbocycles. The number of carbonyl (C=O) groups is 1. The van der Waals surface area contributed by atoms with Gasteiger partial charge in [0.1, 0.15) is 11.8 Å². The number of methoxy groups -OCH3 is 1. The molecule has 8 nitrogen and oxygen atoms in total. The third-order valence-corrected chi connectivity index (χ3v) is 5.83. The first-order chi connectivity index (χ1) is 14.4. The van der Waals surface area contributed by atoms with Crippen LogP contribution in [0.25, 0.3) is 16.6 Å². The van der Waals surface area contributed by atoms with Crippen LogP contribution in [0, 0.1) is 5.41 Å². The molecule has 1 fully saturated rings. The summed E-state index contributed by atoms with van der Waals surface area (Å²) in [7, 11) is 1.80. The van der Waals surface area contributed by atoms with E-state index in [1.165, 1.54) is 0 Å². The van der Waals surface area contributed by atoms with Crippen LogP contribution in [0.1, 0.15) is 32.3 Å². The number of ether oxygens (including phenoxy) is 1. The maximum atomic E-state index is 12.1. The minimum atomic E-state index is -3.54. The number of hydrogen-bond donors (Lipinski definition) is 1. The Hall–Kier alpha value is -2.81. The van der Waals surface area contributed by atoms with E-state index < -0.39 is 10.0 Å². The summed E-state index contributed by atoms with van der Waals surface area (Å²) in [4.78, 5) is 17.7. The van der Waals surface area contributed by atoms with Crippen LogP contribution in [0.5, 0.6) is 6.01 Å². The Morgan fingerprint density at radius 1 is 1.35 bits per heavy atom. The van der Waals surface area contributed by atoms with Crippen molar-refractivity contribution in [3.8, 4) is 6.01 Å². The number of allylic oxidation sites excluding steroid dienone is 3. The van der Waals surface area contributed by atoms with Gasteiger partial charge in [-0.1, -0.05) is 6.92 Å². The fourth-order valence-electron chi connectivity index (χ4n) is 3.46. The molecule has 3 rings (SSSR count).